The van der Waals surface area contributed by atoms with Crippen molar-refractivity contribution in [2.75, 3.05) is 30.0 Å². The maximum absolute atomic E-state index is 5.63. The number of nitrogens with two attached hydrogens (primary N) is 1. The first-order valence-electron chi connectivity index (χ1n) is 5.98. The molecular formula is C11H19N5O. The molecule has 0 bridgehead atoms. The van der Waals surface area contributed by atoms with Crippen LogP contribution in [-0.4, -0.2) is 35.8 Å². The molecule has 1 aromatic heterocycles. The fraction of sp³-hybridized carbons (Fsp3) is 0.636. The summed E-state index contributed by atoms with van der Waals surface area (Å²) in [6.07, 6.45) is 5.94. The van der Waals surface area contributed by atoms with Gasteiger partial charge in [0.15, 0.2) is 5.82 Å². The number of nitrogens with zero attached hydrogens (tertiary/aromatic N) is 3. The highest BCUT2D eigenvalue weighted by Crippen LogP contribution is 2.17. The van der Waals surface area contributed by atoms with E-state index in [-0.39, 0.29) is 0 Å². The molecule has 6 heteroatoms. The maximum atomic E-state index is 5.63. The van der Waals surface area contributed by atoms with E-state index in [1.165, 1.54) is 0 Å². The highest BCUT2D eigenvalue weighted by Gasteiger charge is 2.19. The summed E-state index contributed by atoms with van der Waals surface area (Å²) in [7, 11) is 0. The Morgan fingerprint density at radius 2 is 2.47 bits per heavy atom. The van der Waals surface area contributed by atoms with Crippen LogP contribution in [0.25, 0.3) is 0 Å². The highest BCUT2D eigenvalue weighted by molar-refractivity contribution is 5.43. The van der Waals surface area contributed by atoms with Gasteiger partial charge in [0, 0.05) is 19.7 Å². The van der Waals surface area contributed by atoms with Gasteiger partial charge in [0.05, 0.1) is 18.5 Å². The lowest BCUT2D eigenvalue weighted by molar-refractivity contribution is 0.115. The quantitative estimate of drug-likeness (QED) is 0.582. The maximum Gasteiger partial charge on any atom is 0.160 e. The first kappa shape index (κ1) is 12.1. The van der Waals surface area contributed by atoms with Gasteiger partial charge in [0.2, 0.25) is 0 Å². The van der Waals surface area contributed by atoms with Crippen molar-refractivity contribution in [3.8, 4) is 0 Å². The largest absolute Gasteiger partial charge is 0.376 e. The Labute approximate surface area is 101 Å². The lowest BCUT2D eigenvalue weighted by Crippen LogP contribution is -2.32. The Balaban J connectivity index is 2.04. The summed E-state index contributed by atoms with van der Waals surface area (Å²) in [5.74, 6) is 6.74. The molecule has 0 aromatic carbocycles. The fourth-order valence-corrected chi connectivity index (χ4v) is 2.00. The van der Waals surface area contributed by atoms with E-state index in [0.29, 0.717) is 11.9 Å². The fourth-order valence-electron chi connectivity index (χ4n) is 2.00. The van der Waals surface area contributed by atoms with Gasteiger partial charge in [0.25, 0.3) is 0 Å². The Bertz CT molecular complexity index is 353. The van der Waals surface area contributed by atoms with Crippen molar-refractivity contribution in [3.05, 3.63) is 12.4 Å². The molecule has 1 aromatic rings. The zero-order valence-electron chi connectivity index (χ0n) is 10.1. The second kappa shape index (κ2) is 5.79. The summed E-state index contributed by atoms with van der Waals surface area (Å²) < 4.78 is 5.63. The van der Waals surface area contributed by atoms with Crippen molar-refractivity contribution in [2.45, 2.75) is 25.9 Å². The van der Waals surface area contributed by atoms with Crippen LogP contribution in [0.3, 0.4) is 0 Å². The Morgan fingerprint density at radius 3 is 3.12 bits per heavy atom. The van der Waals surface area contributed by atoms with Gasteiger partial charge in [-0.1, -0.05) is 0 Å². The summed E-state index contributed by atoms with van der Waals surface area (Å²) in [6, 6.07) is 0. The number of likely N-dealkylation sites (N-methyl/N-ethyl adjacent to an activating group) is 1. The van der Waals surface area contributed by atoms with Crippen LogP contribution in [0.15, 0.2) is 12.4 Å². The van der Waals surface area contributed by atoms with E-state index in [0.717, 1.165) is 38.4 Å². The summed E-state index contributed by atoms with van der Waals surface area (Å²) in [5.41, 5.74) is 2.51. The van der Waals surface area contributed by atoms with Gasteiger partial charge in [-0.05, 0) is 19.8 Å². The van der Waals surface area contributed by atoms with E-state index in [1.54, 1.807) is 12.4 Å². The van der Waals surface area contributed by atoms with E-state index >= 15 is 0 Å². The standard InChI is InChI=1S/C11H19N5O/c1-2-16(8-9-4-3-5-17-9)11-7-13-6-10(14-11)15-12/h6-7,9H,2-5,8,12H2,1H3,(H,14,15). The van der Waals surface area contributed by atoms with E-state index in [2.05, 4.69) is 27.2 Å². The first-order chi connectivity index (χ1) is 8.33. The molecular weight excluding hydrogens is 218 g/mol. The second-order valence-corrected chi connectivity index (χ2v) is 4.08. The number of rotatable bonds is 5. The number of aromatic nitrogens is 2. The smallest absolute Gasteiger partial charge is 0.160 e. The van der Waals surface area contributed by atoms with Crippen LogP contribution in [0.4, 0.5) is 11.6 Å². The molecule has 0 radical (unpaired) electrons. The summed E-state index contributed by atoms with van der Waals surface area (Å²) in [4.78, 5) is 10.6. The molecule has 1 unspecified atom stereocenters. The minimum absolute atomic E-state index is 0.311. The molecule has 1 atom stereocenters. The van der Waals surface area contributed by atoms with E-state index in [1.807, 2.05) is 0 Å². The molecule has 6 nitrogen and oxygen atoms in total. The molecule has 1 aliphatic rings. The molecule has 1 saturated heterocycles. The number of hydrogen-bond donors (Lipinski definition) is 2. The molecule has 1 fully saturated rings. The van der Waals surface area contributed by atoms with Crippen LogP contribution in [0.1, 0.15) is 19.8 Å². The van der Waals surface area contributed by atoms with Crippen LogP contribution in [-0.2, 0) is 4.74 Å². The molecule has 0 aliphatic carbocycles. The van der Waals surface area contributed by atoms with Crippen LogP contribution in [0.2, 0.25) is 0 Å². The Kier molecular flexibility index (Phi) is 4.11. The highest BCUT2D eigenvalue weighted by atomic mass is 16.5. The minimum Gasteiger partial charge on any atom is -0.376 e. The molecule has 17 heavy (non-hydrogen) atoms. The van der Waals surface area contributed by atoms with Crippen molar-refractivity contribution >= 4 is 11.6 Å². The lowest BCUT2D eigenvalue weighted by atomic mass is 10.2. The van der Waals surface area contributed by atoms with Gasteiger partial charge < -0.3 is 15.1 Å². The van der Waals surface area contributed by atoms with Crippen LogP contribution in [0.5, 0.6) is 0 Å². The molecule has 1 aliphatic heterocycles. The van der Waals surface area contributed by atoms with Crippen molar-refractivity contribution in [2.24, 2.45) is 5.84 Å². The Hall–Kier alpha value is -1.40. The predicted molar refractivity (Wildman–Crippen MR) is 66.7 cm³/mol. The van der Waals surface area contributed by atoms with Gasteiger partial charge in [-0.15, -0.1) is 0 Å². The zero-order chi connectivity index (χ0) is 12.1. The molecule has 94 valence electrons. The predicted octanol–water partition coefficient (Wildman–Crippen LogP) is 0.768. The van der Waals surface area contributed by atoms with Gasteiger partial charge in [0.1, 0.15) is 5.82 Å². The van der Waals surface area contributed by atoms with Crippen molar-refractivity contribution < 1.29 is 4.74 Å². The number of nitrogens with one attached hydrogen (secondary N) is 1. The first-order valence-corrected chi connectivity index (χ1v) is 5.98. The van der Waals surface area contributed by atoms with Gasteiger partial charge >= 0.3 is 0 Å². The third-order valence-electron chi connectivity index (χ3n) is 2.92. The van der Waals surface area contributed by atoms with Crippen LogP contribution in [0, 0.1) is 0 Å². The summed E-state index contributed by atoms with van der Waals surface area (Å²) in [6.45, 7) is 4.71. The third-order valence-corrected chi connectivity index (χ3v) is 2.92. The van der Waals surface area contributed by atoms with Gasteiger partial charge in [-0.3, -0.25) is 4.98 Å². The lowest BCUT2D eigenvalue weighted by Gasteiger charge is -2.24. The van der Waals surface area contributed by atoms with E-state index in [9.17, 15) is 0 Å². The normalized spacial score (nSPS) is 19.3. The van der Waals surface area contributed by atoms with Gasteiger partial charge in [-0.2, -0.15) is 0 Å². The summed E-state index contributed by atoms with van der Waals surface area (Å²) in [5, 5.41) is 0. The number of hydrazine groups is 1. The topological polar surface area (TPSA) is 76.3 Å². The van der Waals surface area contributed by atoms with E-state index in [4.69, 9.17) is 10.6 Å². The molecule has 0 amide bonds. The SMILES string of the molecule is CCN(CC1CCCO1)c1cncc(NN)n1. The zero-order valence-corrected chi connectivity index (χ0v) is 10.1. The number of nitrogen functional groups attached to an aromatic ring is 1. The third kappa shape index (κ3) is 3.04. The molecule has 0 spiro atoms. The molecule has 2 heterocycles. The molecule has 0 saturated carbocycles. The van der Waals surface area contributed by atoms with Crippen LogP contribution < -0.4 is 16.2 Å². The van der Waals surface area contributed by atoms with Crippen LogP contribution >= 0.6 is 0 Å². The average Bonchev–Trinajstić information content (AvgIpc) is 2.89. The monoisotopic (exact) mass is 237 g/mol. The van der Waals surface area contributed by atoms with Crippen molar-refractivity contribution in [1.29, 1.82) is 0 Å². The van der Waals surface area contributed by atoms with Crippen molar-refractivity contribution in [3.63, 3.8) is 0 Å². The number of anilines is 2. The molecule has 3 N–H and O–H groups in total. The Morgan fingerprint density at radius 1 is 1.59 bits per heavy atom. The second-order valence-electron chi connectivity index (χ2n) is 4.08. The number of hydrogen-bond acceptors (Lipinski definition) is 6. The molecule has 2 rings (SSSR count). The summed E-state index contributed by atoms with van der Waals surface area (Å²) >= 11 is 0. The number of ether oxygens (including phenoxy) is 1. The minimum atomic E-state index is 0.311. The van der Waals surface area contributed by atoms with E-state index < -0.39 is 0 Å². The average molecular weight is 237 g/mol. The van der Waals surface area contributed by atoms with Gasteiger partial charge in [-0.25, -0.2) is 10.8 Å². The van der Waals surface area contributed by atoms with Crippen molar-refractivity contribution in [1.82, 2.24) is 9.97 Å².